The van der Waals surface area contributed by atoms with Crippen LogP contribution < -0.4 is 0 Å². The predicted octanol–water partition coefficient (Wildman–Crippen LogP) is 2.99. The largest absolute Gasteiger partial charge is 0.385 e. The summed E-state index contributed by atoms with van der Waals surface area (Å²) < 4.78 is 5.52. The van der Waals surface area contributed by atoms with E-state index >= 15 is 0 Å². The lowest BCUT2D eigenvalue weighted by molar-refractivity contribution is -0.0369. The van der Waals surface area contributed by atoms with Crippen molar-refractivity contribution in [2.45, 2.75) is 38.9 Å². The molecule has 0 aromatic carbocycles. The van der Waals surface area contributed by atoms with Crippen LogP contribution in [0.3, 0.4) is 0 Å². The first kappa shape index (κ1) is 11.7. The maximum absolute atomic E-state index is 10.0. The minimum atomic E-state index is -0.463. The van der Waals surface area contributed by atoms with Crippen LogP contribution in [0.2, 0.25) is 0 Å². The second-order valence-corrected chi connectivity index (χ2v) is 4.22. The van der Waals surface area contributed by atoms with E-state index in [1.54, 1.807) is 11.3 Å². The van der Waals surface area contributed by atoms with Crippen LogP contribution in [0.15, 0.2) is 17.5 Å². The average Bonchev–Trinajstić information content (AvgIpc) is 2.69. The van der Waals surface area contributed by atoms with E-state index in [0.717, 1.165) is 17.7 Å². The van der Waals surface area contributed by atoms with Crippen molar-refractivity contribution in [1.82, 2.24) is 0 Å². The van der Waals surface area contributed by atoms with Crippen LogP contribution >= 0.6 is 11.3 Å². The van der Waals surface area contributed by atoms with Crippen molar-refractivity contribution >= 4 is 11.3 Å². The van der Waals surface area contributed by atoms with Gasteiger partial charge in [-0.1, -0.05) is 19.4 Å². The summed E-state index contributed by atoms with van der Waals surface area (Å²) in [5.41, 5.74) is 0. The monoisotopic (exact) mass is 214 g/mol. The molecule has 3 heteroatoms. The highest BCUT2D eigenvalue weighted by atomic mass is 32.1. The summed E-state index contributed by atoms with van der Waals surface area (Å²) in [6, 6.07) is 3.91. The highest BCUT2D eigenvalue weighted by Crippen LogP contribution is 2.26. The van der Waals surface area contributed by atoms with Crippen molar-refractivity contribution in [3.63, 3.8) is 0 Å². The van der Waals surface area contributed by atoms with Gasteiger partial charge in [-0.15, -0.1) is 11.3 Å². The highest BCUT2D eigenvalue weighted by Gasteiger charge is 2.20. The molecule has 0 saturated heterocycles. The minimum absolute atomic E-state index is 0.0522. The van der Waals surface area contributed by atoms with E-state index in [0.29, 0.717) is 6.61 Å². The number of aliphatic hydroxyl groups is 1. The quantitative estimate of drug-likeness (QED) is 0.789. The number of ether oxygens (including phenoxy) is 1. The molecule has 0 amide bonds. The lowest BCUT2D eigenvalue weighted by Gasteiger charge is -2.21. The molecule has 0 saturated carbocycles. The summed E-state index contributed by atoms with van der Waals surface area (Å²) in [5.74, 6) is 0. The van der Waals surface area contributed by atoms with E-state index in [-0.39, 0.29) is 6.10 Å². The van der Waals surface area contributed by atoms with Gasteiger partial charge in [-0.2, -0.15) is 0 Å². The van der Waals surface area contributed by atoms with E-state index in [1.165, 1.54) is 0 Å². The van der Waals surface area contributed by atoms with Crippen molar-refractivity contribution < 1.29 is 9.84 Å². The molecule has 1 aromatic rings. The Bertz CT molecular complexity index is 227. The molecule has 0 radical (unpaired) electrons. The van der Waals surface area contributed by atoms with E-state index in [9.17, 15) is 5.11 Å². The van der Waals surface area contributed by atoms with Crippen LogP contribution in [0.25, 0.3) is 0 Å². The van der Waals surface area contributed by atoms with Gasteiger partial charge in [0.2, 0.25) is 0 Å². The summed E-state index contributed by atoms with van der Waals surface area (Å²) in [6.45, 7) is 4.73. The van der Waals surface area contributed by atoms with Crippen LogP contribution in [-0.4, -0.2) is 17.8 Å². The lowest BCUT2D eigenvalue weighted by atomic mass is 10.1. The molecule has 14 heavy (non-hydrogen) atoms. The van der Waals surface area contributed by atoms with Crippen molar-refractivity contribution in [1.29, 1.82) is 0 Å². The molecule has 1 rings (SSSR count). The zero-order valence-corrected chi connectivity index (χ0v) is 9.59. The van der Waals surface area contributed by atoms with Crippen molar-refractivity contribution in [2.75, 3.05) is 6.61 Å². The van der Waals surface area contributed by atoms with Gasteiger partial charge in [0.05, 0.1) is 6.10 Å². The molecular formula is C11H18O2S. The number of aliphatic hydroxyl groups excluding tert-OH is 1. The van der Waals surface area contributed by atoms with Crippen LogP contribution in [0.5, 0.6) is 0 Å². The van der Waals surface area contributed by atoms with E-state index in [4.69, 9.17) is 4.74 Å². The topological polar surface area (TPSA) is 29.5 Å². The second kappa shape index (κ2) is 6.17. The second-order valence-electron chi connectivity index (χ2n) is 3.24. The molecule has 2 atom stereocenters. The van der Waals surface area contributed by atoms with Gasteiger partial charge in [-0.25, -0.2) is 0 Å². The minimum Gasteiger partial charge on any atom is -0.385 e. The number of hydrogen-bond donors (Lipinski definition) is 1. The first-order valence-corrected chi connectivity index (χ1v) is 6.00. The van der Waals surface area contributed by atoms with Gasteiger partial charge in [0, 0.05) is 11.5 Å². The Morgan fingerprint density at radius 1 is 1.50 bits per heavy atom. The molecule has 0 aliphatic rings. The molecular weight excluding hydrogens is 196 g/mol. The molecule has 0 spiro atoms. The van der Waals surface area contributed by atoms with Gasteiger partial charge >= 0.3 is 0 Å². The van der Waals surface area contributed by atoms with Crippen LogP contribution in [0, 0.1) is 0 Å². The maximum Gasteiger partial charge on any atom is 0.114 e. The molecule has 80 valence electrons. The van der Waals surface area contributed by atoms with Crippen LogP contribution in [-0.2, 0) is 4.74 Å². The Balaban J connectivity index is 2.58. The first-order chi connectivity index (χ1) is 6.79. The molecule has 0 aliphatic heterocycles. The van der Waals surface area contributed by atoms with Crippen LogP contribution in [0.1, 0.15) is 37.7 Å². The fourth-order valence-electron chi connectivity index (χ4n) is 1.47. The molecule has 2 nitrogen and oxygen atoms in total. The number of rotatable bonds is 6. The maximum atomic E-state index is 10.0. The summed E-state index contributed by atoms with van der Waals surface area (Å²) in [4.78, 5) is 0.997. The molecule has 0 aliphatic carbocycles. The molecule has 2 unspecified atom stereocenters. The Kier molecular flexibility index (Phi) is 5.15. The summed E-state index contributed by atoms with van der Waals surface area (Å²) in [5, 5.41) is 12.0. The molecule has 1 N–H and O–H groups in total. The Labute approximate surface area is 89.5 Å². The number of hydrogen-bond acceptors (Lipinski definition) is 3. The fourth-order valence-corrected chi connectivity index (χ4v) is 2.24. The lowest BCUT2D eigenvalue weighted by Crippen LogP contribution is -2.21. The standard InChI is InChI=1S/C11H18O2S/c1-3-6-9(13-4-2)11(12)10-7-5-8-14-10/h5,7-9,11-12H,3-4,6H2,1-2H3. The molecule has 0 bridgehead atoms. The van der Waals surface area contributed by atoms with Gasteiger partial charge in [0.1, 0.15) is 6.10 Å². The zero-order valence-electron chi connectivity index (χ0n) is 8.77. The van der Waals surface area contributed by atoms with Gasteiger partial charge in [-0.3, -0.25) is 0 Å². The first-order valence-electron chi connectivity index (χ1n) is 5.12. The van der Waals surface area contributed by atoms with Gasteiger partial charge in [0.25, 0.3) is 0 Å². The molecule has 1 aromatic heterocycles. The van der Waals surface area contributed by atoms with Crippen LogP contribution in [0.4, 0.5) is 0 Å². The molecule has 1 heterocycles. The van der Waals surface area contributed by atoms with Crippen molar-refractivity contribution in [2.24, 2.45) is 0 Å². The Hall–Kier alpha value is -0.380. The number of thiophene rings is 1. The van der Waals surface area contributed by atoms with Gasteiger partial charge in [-0.05, 0) is 24.8 Å². The Morgan fingerprint density at radius 3 is 2.79 bits per heavy atom. The zero-order chi connectivity index (χ0) is 10.4. The third kappa shape index (κ3) is 3.08. The van der Waals surface area contributed by atoms with Gasteiger partial charge < -0.3 is 9.84 Å². The van der Waals surface area contributed by atoms with Crippen molar-refractivity contribution in [3.05, 3.63) is 22.4 Å². The smallest absolute Gasteiger partial charge is 0.114 e. The molecule has 0 fully saturated rings. The summed E-state index contributed by atoms with van der Waals surface area (Å²) in [7, 11) is 0. The normalized spacial score (nSPS) is 15.4. The third-order valence-electron chi connectivity index (χ3n) is 2.14. The van der Waals surface area contributed by atoms with E-state index in [2.05, 4.69) is 6.92 Å². The van der Waals surface area contributed by atoms with Crippen molar-refractivity contribution in [3.8, 4) is 0 Å². The predicted molar refractivity (Wildman–Crippen MR) is 59.6 cm³/mol. The Morgan fingerprint density at radius 2 is 2.29 bits per heavy atom. The van der Waals surface area contributed by atoms with E-state index in [1.807, 2.05) is 24.4 Å². The van der Waals surface area contributed by atoms with Gasteiger partial charge in [0.15, 0.2) is 0 Å². The summed E-state index contributed by atoms with van der Waals surface area (Å²) >= 11 is 1.58. The third-order valence-corrected chi connectivity index (χ3v) is 3.08. The highest BCUT2D eigenvalue weighted by molar-refractivity contribution is 7.10. The van der Waals surface area contributed by atoms with E-state index < -0.39 is 6.10 Å². The summed E-state index contributed by atoms with van der Waals surface area (Å²) in [6.07, 6.45) is 1.43. The SMILES string of the molecule is CCCC(OCC)C(O)c1cccs1. The fraction of sp³-hybridized carbons (Fsp3) is 0.636. The average molecular weight is 214 g/mol.